The van der Waals surface area contributed by atoms with E-state index in [4.69, 9.17) is 17.4 Å². The number of aromatic nitrogens is 2. The van der Waals surface area contributed by atoms with Crippen molar-refractivity contribution in [1.29, 1.82) is 0 Å². The summed E-state index contributed by atoms with van der Waals surface area (Å²) >= 11 is 8.22. The maximum atomic E-state index is 6.36. The summed E-state index contributed by atoms with van der Waals surface area (Å²) in [6, 6.07) is 8.50. The molecule has 0 aliphatic carbocycles. The fourth-order valence-electron chi connectivity index (χ4n) is 2.83. The lowest BCUT2D eigenvalue weighted by molar-refractivity contribution is 0.468. The Kier molecular flexibility index (Phi) is 4.54. The predicted molar refractivity (Wildman–Crippen MR) is 87.4 cm³/mol. The minimum Gasteiger partial charge on any atom is -0.271 e. The van der Waals surface area contributed by atoms with E-state index >= 15 is 0 Å². The van der Waals surface area contributed by atoms with Crippen LogP contribution in [-0.2, 0) is 13.0 Å². The summed E-state index contributed by atoms with van der Waals surface area (Å²) in [5, 5.41) is 5.39. The monoisotopic (exact) mass is 322 g/mol. The smallest absolute Gasteiger partial charge is 0.0835 e. The number of benzene rings is 1. The zero-order valence-electron chi connectivity index (χ0n) is 11.9. The van der Waals surface area contributed by atoms with Crippen LogP contribution in [0.3, 0.4) is 0 Å². The van der Waals surface area contributed by atoms with E-state index < -0.39 is 0 Å². The number of thioether (sulfide) groups is 1. The van der Waals surface area contributed by atoms with Gasteiger partial charge in [0.25, 0.3) is 0 Å². The van der Waals surface area contributed by atoms with Gasteiger partial charge >= 0.3 is 0 Å². The Morgan fingerprint density at radius 3 is 3.05 bits per heavy atom. The molecule has 112 valence electrons. The first-order chi connectivity index (χ1) is 10.2. The van der Waals surface area contributed by atoms with Crippen molar-refractivity contribution in [2.24, 2.45) is 5.84 Å². The molecule has 3 rings (SSSR count). The molecule has 0 radical (unpaired) electrons. The molecule has 2 unspecified atom stereocenters. The first kappa shape index (κ1) is 14.9. The summed E-state index contributed by atoms with van der Waals surface area (Å²) in [6.07, 6.45) is 3.72. The molecule has 4 nitrogen and oxygen atoms in total. The maximum absolute atomic E-state index is 6.36. The highest BCUT2D eigenvalue weighted by molar-refractivity contribution is 8.00. The van der Waals surface area contributed by atoms with Gasteiger partial charge in [-0.1, -0.05) is 36.7 Å². The van der Waals surface area contributed by atoms with Gasteiger partial charge in [0.1, 0.15) is 0 Å². The highest BCUT2D eigenvalue weighted by Crippen LogP contribution is 2.43. The zero-order chi connectivity index (χ0) is 14.8. The highest BCUT2D eigenvalue weighted by atomic mass is 35.5. The Morgan fingerprint density at radius 1 is 1.52 bits per heavy atom. The molecule has 0 spiro atoms. The van der Waals surface area contributed by atoms with Crippen molar-refractivity contribution >= 4 is 23.4 Å². The first-order valence-electron chi connectivity index (χ1n) is 7.16. The topological polar surface area (TPSA) is 55.9 Å². The fraction of sp³-hybridized carbons (Fsp3) is 0.400. The van der Waals surface area contributed by atoms with Gasteiger partial charge in [-0.25, -0.2) is 0 Å². The Bertz CT molecular complexity index is 603. The molecule has 0 saturated heterocycles. The van der Waals surface area contributed by atoms with Crippen LogP contribution < -0.4 is 11.3 Å². The average molecular weight is 323 g/mol. The standard InChI is InChI=1S/C15H19ClN4S/c1-2-7-20-15(11(16)9-18-20)14(19-17)13-8-10-5-3-4-6-12(10)21-13/h3-6,9,13-14,19H,2,7-8,17H2,1H3. The van der Waals surface area contributed by atoms with Crippen molar-refractivity contribution in [2.75, 3.05) is 0 Å². The van der Waals surface area contributed by atoms with Gasteiger partial charge in [0.15, 0.2) is 0 Å². The van der Waals surface area contributed by atoms with Crippen LogP contribution in [-0.4, -0.2) is 15.0 Å². The number of fused-ring (bicyclic) bond motifs is 1. The van der Waals surface area contributed by atoms with E-state index in [1.54, 1.807) is 6.20 Å². The minimum atomic E-state index is -0.0102. The molecule has 1 aliphatic heterocycles. The molecule has 3 N–H and O–H groups in total. The second-order valence-electron chi connectivity index (χ2n) is 5.21. The van der Waals surface area contributed by atoms with Crippen molar-refractivity contribution < 1.29 is 0 Å². The molecule has 21 heavy (non-hydrogen) atoms. The third-order valence-corrected chi connectivity index (χ3v) is 5.47. The van der Waals surface area contributed by atoms with Crippen molar-refractivity contribution in [3.05, 3.63) is 46.7 Å². The summed E-state index contributed by atoms with van der Waals surface area (Å²) in [5.74, 6) is 5.85. The number of hydrazine groups is 1. The lowest BCUT2D eigenvalue weighted by Crippen LogP contribution is -2.36. The number of hydrogen-bond acceptors (Lipinski definition) is 4. The van der Waals surface area contributed by atoms with Gasteiger partial charge in [0, 0.05) is 16.7 Å². The van der Waals surface area contributed by atoms with Crippen molar-refractivity contribution in [1.82, 2.24) is 15.2 Å². The highest BCUT2D eigenvalue weighted by Gasteiger charge is 2.33. The summed E-state index contributed by atoms with van der Waals surface area (Å²) in [5.41, 5.74) is 5.33. The van der Waals surface area contributed by atoms with Gasteiger partial charge in [-0.3, -0.25) is 16.0 Å². The predicted octanol–water partition coefficient (Wildman–Crippen LogP) is 3.17. The van der Waals surface area contributed by atoms with Crippen LogP contribution in [0.15, 0.2) is 35.4 Å². The number of nitrogens with two attached hydrogens (primary N) is 1. The van der Waals surface area contributed by atoms with E-state index in [0.717, 1.165) is 25.1 Å². The normalized spacial score (nSPS) is 18.7. The van der Waals surface area contributed by atoms with Crippen LogP contribution in [0.5, 0.6) is 0 Å². The lowest BCUT2D eigenvalue weighted by atomic mass is 10.0. The molecule has 1 aromatic carbocycles. The largest absolute Gasteiger partial charge is 0.271 e. The maximum Gasteiger partial charge on any atom is 0.0835 e. The lowest BCUT2D eigenvalue weighted by Gasteiger charge is -2.23. The van der Waals surface area contributed by atoms with Crippen molar-refractivity contribution in [3.63, 3.8) is 0 Å². The van der Waals surface area contributed by atoms with Crippen LogP contribution in [0.2, 0.25) is 5.02 Å². The molecule has 1 aliphatic rings. The summed E-state index contributed by atoms with van der Waals surface area (Å²) < 4.78 is 1.97. The van der Waals surface area contributed by atoms with Gasteiger partial charge in [-0.2, -0.15) is 5.10 Å². The van der Waals surface area contributed by atoms with Gasteiger partial charge in [-0.15, -0.1) is 11.8 Å². The summed E-state index contributed by atoms with van der Waals surface area (Å²) in [7, 11) is 0. The molecule has 2 atom stereocenters. The molecule has 2 heterocycles. The molecular formula is C15H19ClN4S. The summed E-state index contributed by atoms with van der Waals surface area (Å²) in [4.78, 5) is 1.33. The van der Waals surface area contributed by atoms with Crippen LogP contribution in [0, 0.1) is 0 Å². The molecule has 0 saturated carbocycles. The van der Waals surface area contributed by atoms with E-state index in [-0.39, 0.29) is 6.04 Å². The Hall–Kier alpha value is -1.01. The number of nitrogens with one attached hydrogen (secondary N) is 1. The second kappa shape index (κ2) is 6.40. The van der Waals surface area contributed by atoms with Gasteiger partial charge in [0.2, 0.25) is 0 Å². The first-order valence-corrected chi connectivity index (χ1v) is 8.42. The third kappa shape index (κ3) is 2.83. The van der Waals surface area contributed by atoms with E-state index in [0.29, 0.717) is 10.3 Å². The number of nitrogens with zero attached hydrogens (tertiary/aromatic N) is 2. The van der Waals surface area contributed by atoms with Crippen LogP contribution >= 0.6 is 23.4 Å². The van der Waals surface area contributed by atoms with E-state index in [9.17, 15) is 0 Å². The molecule has 2 aromatic rings. The number of rotatable bonds is 5. The van der Waals surface area contributed by atoms with Crippen LogP contribution in [0.1, 0.15) is 30.6 Å². The zero-order valence-corrected chi connectivity index (χ0v) is 13.5. The molecule has 6 heteroatoms. The van der Waals surface area contributed by atoms with Crippen LogP contribution in [0.25, 0.3) is 0 Å². The van der Waals surface area contributed by atoms with Gasteiger partial charge in [-0.05, 0) is 24.5 Å². The molecule has 0 fully saturated rings. The molecule has 0 bridgehead atoms. The Labute approximate surface area is 134 Å². The number of halogens is 1. The van der Waals surface area contributed by atoms with Gasteiger partial charge in [0.05, 0.1) is 23.0 Å². The third-order valence-electron chi connectivity index (χ3n) is 3.79. The van der Waals surface area contributed by atoms with E-state index in [2.05, 4.69) is 41.7 Å². The second-order valence-corrected chi connectivity index (χ2v) is 6.90. The van der Waals surface area contributed by atoms with Gasteiger partial charge < -0.3 is 0 Å². The molecular weight excluding hydrogens is 304 g/mol. The Balaban J connectivity index is 1.89. The molecule has 0 amide bonds. The average Bonchev–Trinajstić information content (AvgIpc) is 3.06. The van der Waals surface area contributed by atoms with E-state index in [1.165, 1.54) is 10.5 Å². The number of aryl methyl sites for hydroxylation is 1. The quantitative estimate of drug-likeness (QED) is 0.656. The molecule has 1 aromatic heterocycles. The minimum absolute atomic E-state index is 0.0102. The van der Waals surface area contributed by atoms with E-state index in [1.807, 2.05) is 16.4 Å². The summed E-state index contributed by atoms with van der Waals surface area (Å²) in [6.45, 7) is 2.98. The van der Waals surface area contributed by atoms with Crippen molar-refractivity contribution in [2.45, 2.75) is 42.5 Å². The van der Waals surface area contributed by atoms with Crippen LogP contribution in [0.4, 0.5) is 0 Å². The SMILES string of the molecule is CCCn1ncc(Cl)c1C(NN)C1Cc2ccccc2S1. The fourth-order valence-corrected chi connectivity index (χ4v) is 4.48. The Morgan fingerprint density at radius 2 is 2.33 bits per heavy atom. The number of hydrogen-bond donors (Lipinski definition) is 2. The van der Waals surface area contributed by atoms with Crippen molar-refractivity contribution in [3.8, 4) is 0 Å².